The summed E-state index contributed by atoms with van der Waals surface area (Å²) >= 11 is 0. The van der Waals surface area contributed by atoms with Gasteiger partial charge in [0.25, 0.3) is 0 Å². The predicted molar refractivity (Wildman–Crippen MR) is 53.1 cm³/mol. The summed E-state index contributed by atoms with van der Waals surface area (Å²) < 4.78 is 16.5. The monoisotopic (exact) mass is 200 g/mol. The van der Waals surface area contributed by atoms with Crippen LogP contribution in [0.4, 0.5) is 0 Å². The van der Waals surface area contributed by atoms with Crippen molar-refractivity contribution in [2.75, 3.05) is 19.8 Å². The minimum Gasteiger partial charge on any atom is -0.378 e. The van der Waals surface area contributed by atoms with Crippen LogP contribution in [0, 0.1) is 0 Å². The topological polar surface area (TPSA) is 27.7 Å². The highest BCUT2D eigenvalue weighted by atomic mass is 16.7. The first-order valence-corrected chi connectivity index (χ1v) is 5.80. The fraction of sp³-hybridized carbons (Fsp3) is 1.00. The zero-order chi connectivity index (χ0) is 9.64. The van der Waals surface area contributed by atoms with Crippen molar-refractivity contribution in [1.82, 2.24) is 0 Å². The number of hydrogen-bond acceptors (Lipinski definition) is 3. The number of hydrogen-bond donors (Lipinski definition) is 0. The van der Waals surface area contributed by atoms with E-state index in [2.05, 4.69) is 0 Å². The van der Waals surface area contributed by atoms with Crippen LogP contribution < -0.4 is 0 Å². The molecule has 0 amide bonds. The Morgan fingerprint density at radius 2 is 1.64 bits per heavy atom. The lowest BCUT2D eigenvalue weighted by Crippen LogP contribution is -2.24. The lowest BCUT2D eigenvalue weighted by molar-refractivity contribution is -0.182. The second-order valence-electron chi connectivity index (χ2n) is 4.09. The lowest BCUT2D eigenvalue weighted by Gasteiger charge is -2.23. The first-order chi connectivity index (χ1) is 6.95. The Kier molecular flexibility index (Phi) is 4.22. The minimum absolute atomic E-state index is 0.0603. The molecule has 2 rings (SSSR count). The normalized spacial score (nSPS) is 29.6. The van der Waals surface area contributed by atoms with Gasteiger partial charge in [0.05, 0.1) is 19.3 Å². The molecule has 3 heteroatoms. The molecule has 1 atom stereocenters. The summed E-state index contributed by atoms with van der Waals surface area (Å²) in [6.45, 7) is 2.69. The Bertz CT molecular complexity index is 149. The Hall–Kier alpha value is -0.120. The molecule has 2 saturated heterocycles. The molecule has 2 aliphatic heterocycles. The van der Waals surface area contributed by atoms with Gasteiger partial charge in [-0.3, -0.25) is 0 Å². The van der Waals surface area contributed by atoms with E-state index in [4.69, 9.17) is 14.2 Å². The van der Waals surface area contributed by atoms with Crippen molar-refractivity contribution in [3.05, 3.63) is 0 Å². The maximum Gasteiger partial charge on any atom is 0.157 e. The molecule has 0 N–H and O–H groups in total. The van der Waals surface area contributed by atoms with E-state index in [0.717, 1.165) is 39.1 Å². The van der Waals surface area contributed by atoms with E-state index in [1.54, 1.807) is 0 Å². The third-order valence-electron chi connectivity index (χ3n) is 2.89. The highest BCUT2D eigenvalue weighted by molar-refractivity contribution is 4.65. The minimum atomic E-state index is 0.0603. The van der Waals surface area contributed by atoms with Gasteiger partial charge in [-0.2, -0.15) is 0 Å². The molecule has 0 bridgehead atoms. The maximum absolute atomic E-state index is 5.56. The van der Waals surface area contributed by atoms with Crippen LogP contribution in [0.25, 0.3) is 0 Å². The molecule has 1 unspecified atom stereocenters. The van der Waals surface area contributed by atoms with Gasteiger partial charge in [0.15, 0.2) is 6.29 Å². The van der Waals surface area contributed by atoms with Crippen molar-refractivity contribution in [3.8, 4) is 0 Å². The molecule has 0 spiro atoms. The Labute approximate surface area is 85.7 Å². The van der Waals surface area contributed by atoms with Crippen LogP contribution in [0.1, 0.15) is 38.5 Å². The zero-order valence-corrected chi connectivity index (χ0v) is 8.74. The van der Waals surface area contributed by atoms with Gasteiger partial charge in [0, 0.05) is 6.61 Å². The van der Waals surface area contributed by atoms with Crippen molar-refractivity contribution in [1.29, 1.82) is 0 Å². The second kappa shape index (κ2) is 5.69. The van der Waals surface area contributed by atoms with Crippen molar-refractivity contribution in [2.24, 2.45) is 0 Å². The van der Waals surface area contributed by atoms with E-state index in [9.17, 15) is 0 Å². The third kappa shape index (κ3) is 3.23. The molecule has 2 heterocycles. The molecular formula is C11H20O3. The third-order valence-corrected chi connectivity index (χ3v) is 2.89. The quantitative estimate of drug-likeness (QED) is 0.695. The predicted octanol–water partition coefficient (Wildman–Crippen LogP) is 2.10. The second-order valence-corrected chi connectivity index (χ2v) is 4.09. The first kappa shape index (κ1) is 10.4. The molecular weight excluding hydrogens is 180 g/mol. The van der Waals surface area contributed by atoms with E-state index < -0.39 is 0 Å². The molecule has 0 saturated carbocycles. The summed E-state index contributed by atoms with van der Waals surface area (Å²) in [6.07, 6.45) is 7.46. The van der Waals surface area contributed by atoms with Crippen LogP contribution in [0.2, 0.25) is 0 Å². The van der Waals surface area contributed by atoms with Gasteiger partial charge in [0.1, 0.15) is 0 Å². The molecule has 0 aromatic heterocycles. The van der Waals surface area contributed by atoms with Gasteiger partial charge in [-0.25, -0.2) is 0 Å². The summed E-state index contributed by atoms with van der Waals surface area (Å²) in [5.74, 6) is 0. The van der Waals surface area contributed by atoms with Crippen molar-refractivity contribution < 1.29 is 14.2 Å². The largest absolute Gasteiger partial charge is 0.378 e. The first-order valence-electron chi connectivity index (χ1n) is 5.80. The summed E-state index contributed by atoms with van der Waals surface area (Å²) in [4.78, 5) is 0. The van der Waals surface area contributed by atoms with Crippen molar-refractivity contribution >= 4 is 0 Å². The van der Waals surface area contributed by atoms with E-state index in [1.807, 2.05) is 0 Å². The van der Waals surface area contributed by atoms with Crippen molar-refractivity contribution in [2.45, 2.75) is 50.9 Å². The van der Waals surface area contributed by atoms with Crippen LogP contribution in [-0.2, 0) is 14.2 Å². The average Bonchev–Trinajstić information content (AvgIpc) is 2.72. The van der Waals surface area contributed by atoms with Gasteiger partial charge in [-0.05, 0) is 38.5 Å². The molecule has 3 nitrogen and oxygen atoms in total. The highest BCUT2D eigenvalue weighted by Gasteiger charge is 2.17. The van der Waals surface area contributed by atoms with Gasteiger partial charge in [0.2, 0.25) is 0 Å². The SMILES string of the molecule is C1COC(CCCC2CCCO2)OC1. The maximum atomic E-state index is 5.56. The average molecular weight is 200 g/mol. The zero-order valence-electron chi connectivity index (χ0n) is 8.74. The van der Waals surface area contributed by atoms with Crippen LogP contribution in [0.3, 0.4) is 0 Å². The van der Waals surface area contributed by atoms with Gasteiger partial charge < -0.3 is 14.2 Å². The summed E-state index contributed by atoms with van der Waals surface area (Å²) in [5.41, 5.74) is 0. The smallest absolute Gasteiger partial charge is 0.157 e. The lowest BCUT2D eigenvalue weighted by atomic mass is 10.1. The molecule has 2 fully saturated rings. The molecule has 14 heavy (non-hydrogen) atoms. The van der Waals surface area contributed by atoms with Crippen molar-refractivity contribution in [3.63, 3.8) is 0 Å². The van der Waals surface area contributed by atoms with Crippen LogP contribution >= 0.6 is 0 Å². The highest BCUT2D eigenvalue weighted by Crippen LogP contribution is 2.19. The fourth-order valence-corrected chi connectivity index (χ4v) is 2.09. The Balaban J connectivity index is 1.52. The molecule has 0 aromatic carbocycles. The molecule has 2 aliphatic rings. The summed E-state index contributed by atoms with van der Waals surface area (Å²) in [6, 6.07) is 0. The summed E-state index contributed by atoms with van der Waals surface area (Å²) in [7, 11) is 0. The van der Waals surface area contributed by atoms with Crippen LogP contribution in [0.15, 0.2) is 0 Å². The number of rotatable bonds is 4. The fourth-order valence-electron chi connectivity index (χ4n) is 2.09. The molecule has 82 valence electrons. The van der Waals surface area contributed by atoms with Crippen LogP contribution in [-0.4, -0.2) is 32.2 Å². The number of ether oxygens (including phenoxy) is 3. The molecule has 0 aromatic rings. The van der Waals surface area contributed by atoms with Gasteiger partial charge >= 0.3 is 0 Å². The van der Waals surface area contributed by atoms with Crippen LogP contribution in [0.5, 0.6) is 0 Å². The Morgan fingerprint density at radius 1 is 0.857 bits per heavy atom. The van der Waals surface area contributed by atoms with E-state index in [0.29, 0.717) is 6.10 Å². The van der Waals surface area contributed by atoms with Gasteiger partial charge in [-0.1, -0.05) is 0 Å². The molecule has 0 aliphatic carbocycles. The Morgan fingerprint density at radius 3 is 2.36 bits per heavy atom. The van der Waals surface area contributed by atoms with E-state index in [1.165, 1.54) is 19.3 Å². The summed E-state index contributed by atoms with van der Waals surface area (Å²) in [5, 5.41) is 0. The van der Waals surface area contributed by atoms with Gasteiger partial charge in [-0.15, -0.1) is 0 Å². The molecule has 0 radical (unpaired) electrons. The standard InChI is InChI=1S/C11H20O3/c1(4-10-5-2-7-12-10)6-11-13-8-3-9-14-11/h10-11H,1-9H2. The van der Waals surface area contributed by atoms with E-state index >= 15 is 0 Å². The van der Waals surface area contributed by atoms with E-state index in [-0.39, 0.29) is 6.29 Å².